The summed E-state index contributed by atoms with van der Waals surface area (Å²) < 4.78 is 88.2. The molecule has 0 aliphatic carbocycles. The van der Waals surface area contributed by atoms with Crippen molar-refractivity contribution in [2.24, 2.45) is 0 Å². The number of pyridine rings is 1. The zero-order valence-corrected chi connectivity index (χ0v) is 10.0. The molecule has 0 amide bonds. The van der Waals surface area contributed by atoms with E-state index in [1.54, 1.807) is 0 Å². The van der Waals surface area contributed by atoms with Gasteiger partial charge in [0.1, 0.15) is 0 Å². The highest BCUT2D eigenvalue weighted by Gasteiger charge is 2.01. The molecule has 0 saturated carbocycles. The molecular formula is C18H15N. The van der Waals surface area contributed by atoms with Gasteiger partial charge in [-0.15, -0.1) is 0 Å². The third-order valence-electron chi connectivity index (χ3n) is 2.39. The van der Waals surface area contributed by atoms with Gasteiger partial charge in [-0.05, 0) is 24.6 Å². The number of nitrogens with zero attached hydrogens (tertiary/aromatic N) is 1. The van der Waals surface area contributed by atoms with Gasteiger partial charge in [0.2, 0.25) is 0 Å². The third-order valence-corrected chi connectivity index (χ3v) is 2.39. The molecule has 1 nitrogen and oxygen atoms in total. The molecule has 0 fully saturated rings. The van der Waals surface area contributed by atoms with Crippen molar-refractivity contribution in [2.75, 3.05) is 0 Å². The molecule has 0 radical (unpaired) electrons. The molecule has 0 N–H and O–H groups in total. The Morgan fingerprint density at radius 2 is 1.68 bits per heavy atom. The van der Waals surface area contributed by atoms with Crippen LogP contribution in [0.3, 0.4) is 0 Å². The lowest BCUT2D eigenvalue weighted by atomic mass is 10.1. The zero-order chi connectivity index (χ0) is 22.7. The minimum atomic E-state index is -0.630. The van der Waals surface area contributed by atoms with E-state index in [0.29, 0.717) is 0 Å². The molecular weight excluding hydrogens is 230 g/mol. The molecule has 1 heterocycles. The van der Waals surface area contributed by atoms with E-state index in [1.165, 1.54) is 13.0 Å². The second kappa shape index (κ2) is 5.07. The van der Waals surface area contributed by atoms with E-state index in [0.717, 1.165) is 0 Å². The maximum atomic E-state index is 8.34. The van der Waals surface area contributed by atoms with Gasteiger partial charge in [-0.2, -0.15) is 0 Å². The van der Waals surface area contributed by atoms with Crippen molar-refractivity contribution in [1.82, 2.24) is 4.98 Å². The first-order chi connectivity index (χ1) is 13.9. The molecule has 0 aliphatic heterocycles. The molecule has 2 aromatic carbocycles. The Labute approximate surface area is 129 Å². The van der Waals surface area contributed by atoms with Crippen LogP contribution in [0.1, 0.15) is 20.6 Å². The highest BCUT2D eigenvalue weighted by molar-refractivity contribution is 5.66. The first kappa shape index (κ1) is 4.61. The van der Waals surface area contributed by atoms with Crippen LogP contribution in [-0.2, 0) is 0 Å². The van der Waals surface area contributed by atoms with Crippen LogP contribution in [0.5, 0.6) is 0 Å². The van der Waals surface area contributed by atoms with Crippen LogP contribution in [0, 0.1) is 6.92 Å². The van der Waals surface area contributed by atoms with Crippen LogP contribution in [0.2, 0.25) is 0 Å². The van der Waals surface area contributed by atoms with Gasteiger partial charge >= 0.3 is 0 Å². The Bertz CT molecular complexity index is 1190. The normalized spacial score (nSPS) is 18.5. The highest BCUT2D eigenvalue weighted by Crippen LogP contribution is 2.22. The molecule has 0 aliphatic rings. The smallest absolute Gasteiger partial charge is 0.0847 e. The van der Waals surface area contributed by atoms with Crippen molar-refractivity contribution in [1.29, 1.82) is 0 Å². The van der Waals surface area contributed by atoms with Gasteiger partial charge in [-0.3, -0.25) is 4.98 Å². The second-order valence-electron chi connectivity index (χ2n) is 3.77. The Hall–Kier alpha value is -2.41. The fourth-order valence-electron chi connectivity index (χ4n) is 1.52. The molecule has 92 valence electrons. The largest absolute Gasteiger partial charge is 0.256 e. The maximum absolute atomic E-state index is 8.34. The molecule has 0 unspecified atom stereocenters. The molecule has 0 saturated heterocycles. The summed E-state index contributed by atoms with van der Waals surface area (Å²) in [7, 11) is 0. The SMILES string of the molecule is [2H]c1cc(-c2nc([2H])c(-c3c([2H])c([2H])c([2H])c([2H])c3[2H])c([2H])c2[2H])c([2H])c(C)c1[2H]. The van der Waals surface area contributed by atoms with Crippen LogP contribution >= 0.6 is 0 Å². The summed E-state index contributed by atoms with van der Waals surface area (Å²) in [5.74, 6) is 0. The first-order valence-electron chi connectivity index (χ1n) is 11.0. The van der Waals surface area contributed by atoms with Crippen molar-refractivity contribution in [3.8, 4) is 22.4 Å². The lowest BCUT2D eigenvalue weighted by molar-refractivity contribution is 1.32. The lowest BCUT2D eigenvalue weighted by Gasteiger charge is -2.04. The second-order valence-corrected chi connectivity index (χ2v) is 3.77. The molecule has 3 aromatic rings. The molecule has 0 spiro atoms. The van der Waals surface area contributed by atoms with Crippen LogP contribution in [0.4, 0.5) is 0 Å². The first-order valence-corrected chi connectivity index (χ1v) is 5.52. The van der Waals surface area contributed by atoms with Crippen LogP contribution < -0.4 is 0 Å². The van der Waals surface area contributed by atoms with E-state index in [-0.39, 0.29) is 40.5 Å². The Morgan fingerprint density at radius 1 is 0.842 bits per heavy atom. The summed E-state index contributed by atoms with van der Waals surface area (Å²) in [5, 5.41) is 0. The highest BCUT2D eigenvalue weighted by atomic mass is 14.7. The predicted molar refractivity (Wildman–Crippen MR) is 79.8 cm³/mol. The topological polar surface area (TPSA) is 12.9 Å². The predicted octanol–water partition coefficient (Wildman–Crippen LogP) is 4.72. The monoisotopic (exact) mass is 256 g/mol. The summed E-state index contributed by atoms with van der Waals surface area (Å²) in [6.07, 6.45) is -0.594. The summed E-state index contributed by atoms with van der Waals surface area (Å²) in [5.41, 5.74) is -0.803. The third kappa shape index (κ3) is 2.55. The van der Waals surface area contributed by atoms with Crippen molar-refractivity contribution in [3.05, 3.63) is 78.2 Å². The number of hydrogen-bond acceptors (Lipinski definition) is 1. The van der Waals surface area contributed by atoms with Crippen LogP contribution in [0.15, 0.2) is 72.7 Å². The zero-order valence-electron chi connectivity index (χ0n) is 21.0. The van der Waals surface area contributed by atoms with Gasteiger partial charge in [-0.25, -0.2) is 0 Å². The van der Waals surface area contributed by atoms with E-state index in [4.69, 9.17) is 15.1 Å². The Kier molecular flexibility index (Phi) is 1.23. The minimum Gasteiger partial charge on any atom is -0.256 e. The van der Waals surface area contributed by atoms with Crippen molar-refractivity contribution in [2.45, 2.75) is 6.92 Å². The van der Waals surface area contributed by atoms with Crippen LogP contribution in [0.25, 0.3) is 22.4 Å². The average Bonchev–Trinajstić information content (AvgIpc) is 2.71. The minimum absolute atomic E-state index is 0.00751. The van der Waals surface area contributed by atoms with E-state index >= 15 is 0 Å². The van der Waals surface area contributed by atoms with Gasteiger partial charge in [0.25, 0.3) is 0 Å². The van der Waals surface area contributed by atoms with E-state index in [9.17, 15) is 0 Å². The fraction of sp³-hybridized carbons (Fsp3) is 0.0556. The van der Waals surface area contributed by atoms with Crippen molar-refractivity contribution >= 4 is 0 Å². The van der Waals surface area contributed by atoms with Gasteiger partial charge in [0.15, 0.2) is 0 Å². The Balaban J connectivity index is 2.38. The van der Waals surface area contributed by atoms with Gasteiger partial charge in [0.05, 0.1) is 20.8 Å². The standard InChI is InChI=1S/C18H15N/c1-14-6-5-9-16(12-14)18-11-10-17(13-19-18)15-7-3-2-4-8-15/h2-13H,1H3/i2D,3D,4D,5D,6D,7D,8D,10D,11D,12D,13D. The van der Waals surface area contributed by atoms with Crippen LogP contribution in [-0.4, -0.2) is 4.98 Å². The maximum Gasteiger partial charge on any atom is 0.0847 e. The number of hydrogen-bond donors (Lipinski definition) is 0. The fourth-order valence-corrected chi connectivity index (χ4v) is 1.52. The van der Waals surface area contributed by atoms with E-state index in [2.05, 4.69) is 4.98 Å². The van der Waals surface area contributed by atoms with Gasteiger partial charge in [-0.1, -0.05) is 60.0 Å². The summed E-state index contributed by atoms with van der Waals surface area (Å²) >= 11 is 0. The molecule has 3 rings (SSSR count). The van der Waals surface area contributed by atoms with E-state index < -0.39 is 54.0 Å². The van der Waals surface area contributed by atoms with Gasteiger partial charge in [0, 0.05) is 17.3 Å². The molecule has 0 atom stereocenters. The Morgan fingerprint density at radius 3 is 2.53 bits per heavy atom. The lowest BCUT2D eigenvalue weighted by Crippen LogP contribution is -1.85. The summed E-state index contributed by atoms with van der Waals surface area (Å²) in [6.45, 7) is 1.47. The summed E-state index contributed by atoms with van der Waals surface area (Å²) in [4.78, 5) is 3.98. The van der Waals surface area contributed by atoms with E-state index in [1.807, 2.05) is 0 Å². The molecule has 1 heteroatoms. The molecule has 0 bridgehead atoms. The van der Waals surface area contributed by atoms with Crippen molar-refractivity contribution in [3.63, 3.8) is 0 Å². The average molecular weight is 256 g/mol. The number of rotatable bonds is 2. The quantitative estimate of drug-likeness (QED) is 0.646. The summed E-state index contributed by atoms with van der Waals surface area (Å²) in [6, 6.07) is -3.54. The van der Waals surface area contributed by atoms with Gasteiger partial charge < -0.3 is 0 Å². The van der Waals surface area contributed by atoms with Crippen molar-refractivity contribution < 1.29 is 15.1 Å². The molecule has 19 heavy (non-hydrogen) atoms. The molecule has 1 aromatic heterocycles. The number of aromatic nitrogens is 1. The number of benzene rings is 2.